The largest absolute Gasteiger partial charge is 0.381 e. The minimum atomic E-state index is -0.230. The fourth-order valence-corrected chi connectivity index (χ4v) is 1.45. The summed E-state index contributed by atoms with van der Waals surface area (Å²) in [5.41, 5.74) is -0.230. The highest BCUT2D eigenvalue weighted by Crippen LogP contribution is 2.18. The highest BCUT2D eigenvalue weighted by atomic mass is 16.5. The van der Waals surface area contributed by atoms with E-state index in [1.807, 2.05) is 13.0 Å². The number of rotatable bonds is 12. The van der Waals surface area contributed by atoms with Crippen LogP contribution in [0.3, 0.4) is 0 Å². The van der Waals surface area contributed by atoms with Gasteiger partial charge in [0.25, 0.3) is 0 Å². The second-order valence-electron chi connectivity index (χ2n) is 4.76. The molecule has 0 saturated heterocycles. The van der Waals surface area contributed by atoms with E-state index in [1.165, 1.54) is 0 Å². The smallest absolute Gasteiger partial charge is 0.237 e. The Balaban J connectivity index is 4.04. The maximum absolute atomic E-state index is 8.46. The van der Waals surface area contributed by atoms with E-state index in [2.05, 4.69) is 11.8 Å². The van der Waals surface area contributed by atoms with Crippen LogP contribution < -0.4 is 0 Å². The molecule has 0 heterocycles. The number of nitriles is 1. The van der Waals surface area contributed by atoms with Gasteiger partial charge in [-0.25, -0.2) is 6.57 Å². The third kappa shape index (κ3) is 10.5. The van der Waals surface area contributed by atoms with Crippen molar-refractivity contribution in [1.29, 1.82) is 5.26 Å². The molecule has 0 spiro atoms. The topological polar surface area (TPSA) is 55.8 Å². The van der Waals surface area contributed by atoms with E-state index < -0.39 is 0 Å². The van der Waals surface area contributed by atoms with Gasteiger partial charge in [-0.1, -0.05) is 13.8 Å². The second kappa shape index (κ2) is 11.9. The van der Waals surface area contributed by atoms with Crippen LogP contribution >= 0.6 is 0 Å². The van der Waals surface area contributed by atoms with Crippen LogP contribution in [-0.4, -0.2) is 46.2 Å². The van der Waals surface area contributed by atoms with Crippen molar-refractivity contribution >= 4 is 0 Å². The molecule has 0 fully saturated rings. The highest BCUT2D eigenvalue weighted by Gasteiger charge is 2.25. The van der Waals surface area contributed by atoms with Gasteiger partial charge in [-0.2, -0.15) is 5.26 Å². The van der Waals surface area contributed by atoms with Crippen molar-refractivity contribution in [3.05, 3.63) is 11.4 Å². The van der Waals surface area contributed by atoms with Crippen molar-refractivity contribution in [2.24, 2.45) is 5.41 Å². The lowest BCUT2D eigenvalue weighted by atomic mass is 9.94. The van der Waals surface area contributed by atoms with Gasteiger partial charge >= 0.3 is 0 Å². The van der Waals surface area contributed by atoms with Gasteiger partial charge in [-0.3, -0.25) is 0 Å². The van der Waals surface area contributed by atoms with Crippen molar-refractivity contribution in [2.45, 2.75) is 26.7 Å². The van der Waals surface area contributed by atoms with Gasteiger partial charge < -0.3 is 19.1 Å². The van der Waals surface area contributed by atoms with Gasteiger partial charge in [0.05, 0.1) is 38.9 Å². The molecule has 0 aliphatic rings. The summed E-state index contributed by atoms with van der Waals surface area (Å²) in [5.74, 6) is 0. The molecular formula is C14H24N2O3. The van der Waals surface area contributed by atoms with E-state index in [9.17, 15) is 0 Å². The normalized spacial score (nSPS) is 13.5. The van der Waals surface area contributed by atoms with Crippen LogP contribution in [0.5, 0.6) is 0 Å². The fraction of sp³-hybridized carbons (Fsp3) is 0.857. The first kappa shape index (κ1) is 17.9. The molecule has 0 bridgehead atoms. The Kier molecular flexibility index (Phi) is 11.2. The summed E-state index contributed by atoms with van der Waals surface area (Å²) in [6.07, 6.45) is 1.37. The summed E-state index contributed by atoms with van der Waals surface area (Å²) in [5, 5.41) is 8.46. The average molecular weight is 268 g/mol. The van der Waals surface area contributed by atoms with Crippen molar-refractivity contribution in [3.8, 4) is 6.07 Å². The fourth-order valence-electron chi connectivity index (χ4n) is 1.45. The minimum absolute atomic E-state index is 0.230. The van der Waals surface area contributed by atoms with Crippen LogP contribution in [-0.2, 0) is 14.2 Å². The molecule has 0 rings (SSSR count). The number of hydrogen-bond donors (Lipinski definition) is 0. The summed E-state index contributed by atoms with van der Waals surface area (Å²) < 4.78 is 16.5. The van der Waals surface area contributed by atoms with Crippen molar-refractivity contribution < 1.29 is 14.2 Å². The SMILES string of the molecule is [C-]#[N+]CCOCC(C)(COCCC)COCCC#N. The zero-order valence-corrected chi connectivity index (χ0v) is 12.0. The lowest BCUT2D eigenvalue weighted by molar-refractivity contribution is -0.0572. The number of nitrogens with zero attached hydrogens (tertiary/aromatic N) is 2. The molecule has 19 heavy (non-hydrogen) atoms. The molecule has 108 valence electrons. The summed E-state index contributed by atoms with van der Waals surface area (Å²) in [6, 6.07) is 2.05. The first-order chi connectivity index (χ1) is 9.18. The Hall–Kier alpha value is -1.14. The van der Waals surface area contributed by atoms with E-state index in [1.54, 1.807) is 0 Å². The molecule has 0 N–H and O–H groups in total. The van der Waals surface area contributed by atoms with Gasteiger partial charge in [0.1, 0.15) is 6.61 Å². The molecule has 5 heteroatoms. The minimum Gasteiger partial charge on any atom is -0.381 e. The zero-order chi connectivity index (χ0) is 14.4. The van der Waals surface area contributed by atoms with E-state index in [0.29, 0.717) is 46.0 Å². The van der Waals surface area contributed by atoms with Crippen LogP contribution in [0.15, 0.2) is 0 Å². The predicted octanol–water partition coefficient (Wildman–Crippen LogP) is 2.29. The Morgan fingerprint density at radius 1 is 1.11 bits per heavy atom. The van der Waals surface area contributed by atoms with E-state index >= 15 is 0 Å². The summed E-state index contributed by atoms with van der Waals surface area (Å²) in [7, 11) is 0. The monoisotopic (exact) mass is 268 g/mol. The molecule has 0 aromatic rings. The number of hydrogen-bond acceptors (Lipinski definition) is 4. The first-order valence-electron chi connectivity index (χ1n) is 6.62. The molecule has 0 saturated carbocycles. The maximum atomic E-state index is 8.46. The molecule has 0 aliphatic carbocycles. The van der Waals surface area contributed by atoms with Gasteiger partial charge in [0.2, 0.25) is 6.54 Å². The molecule has 0 amide bonds. The molecule has 1 unspecified atom stereocenters. The van der Waals surface area contributed by atoms with Crippen LogP contribution in [0, 0.1) is 23.3 Å². The van der Waals surface area contributed by atoms with E-state index in [4.69, 9.17) is 26.0 Å². The Labute approximate surface area is 116 Å². The third-order valence-electron chi connectivity index (χ3n) is 2.41. The molecule has 0 aromatic heterocycles. The van der Waals surface area contributed by atoms with Crippen LogP contribution in [0.2, 0.25) is 0 Å². The summed E-state index contributed by atoms with van der Waals surface area (Å²) in [4.78, 5) is 3.24. The quantitative estimate of drug-likeness (QED) is 0.402. The molecule has 0 radical (unpaired) electrons. The maximum Gasteiger partial charge on any atom is 0.237 e. The third-order valence-corrected chi connectivity index (χ3v) is 2.41. The van der Waals surface area contributed by atoms with Gasteiger partial charge in [-0.15, -0.1) is 0 Å². The predicted molar refractivity (Wildman–Crippen MR) is 72.6 cm³/mol. The first-order valence-corrected chi connectivity index (χ1v) is 6.62. The van der Waals surface area contributed by atoms with Gasteiger partial charge in [0, 0.05) is 12.0 Å². The summed E-state index contributed by atoms with van der Waals surface area (Å²) >= 11 is 0. The molecular weight excluding hydrogens is 244 g/mol. The molecule has 0 aromatic carbocycles. The molecule has 1 atom stereocenters. The average Bonchev–Trinajstić information content (AvgIpc) is 2.41. The standard InChI is InChI=1S/C14H24N2O3/c1-4-8-17-11-14(2,12-18-9-5-6-15)13-19-10-7-16-3/h4-5,7-13H2,1-2H3. The Morgan fingerprint density at radius 2 is 1.68 bits per heavy atom. The summed E-state index contributed by atoms with van der Waals surface area (Å²) in [6.45, 7) is 14.3. The lowest BCUT2D eigenvalue weighted by Crippen LogP contribution is -2.35. The van der Waals surface area contributed by atoms with E-state index in [-0.39, 0.29) is 5.41 Å². The van der Waals surface area contributed by atoms with Crippen LogP contribution in [0.25, 0.3) is 4.85 Å². The lowest BCUT2D eigenvalue weighted by Gasteiger charge is -2.28. The van der Waals surface area contributed by atoms with Crippen molar-refractivity contribution in [3.63, 3.8) is 0 Å². The van der Waals surface area contributed by atoms with Crippen molar-refractivity contribution in [1.82, 2.24) is 0 Å². The molecule has 0 aliphatic heterocycles. The Morgan fingerprint density at radius 3 is 2.21 bits per heavy atom. The van der Waals surface area contributed by atoms with Crippen LogP contribution in [0.1, 0.15) is 26.7 Å². The van der Waals surface area contributed by atoms with Gasteiger partial charge in [-0.05, 0) is 6.42 Å². The highest BCUT2D eigenvalue weighted by molar-refractivity contribution is 4.75. The Bertz CT molecular complexity index is 272. The molecule has 5 nitrogen and oxygen atoms in total. The number of ether oxygens (including phenoxy) is 3. The zero-order valence-electron chi connectivity index (χ0n) is 12.0. The second-order valence-corrected chi connectivity index (χ2v) is 4.76. The van der Waals surface area contributed by atoms with Crippen molar-refractivity contribution in [2.75, 3.05) is 46.2 Å². The van der Waals surface area contributed by atoms with Crippen LogP contribution in [0.4, 0.5) is 0 Å². The van der Waals surface area contributed by atoms with Gasteiger partial charge in [0.15, 0.2) is 0 Å². The van der Waals surface area contributed by atoms with E-state index in [0.717, 1.165) is 13.0 Å².